The molecule has 1 unspecified atom stereocenters. The molecule has 2 heterocycles. The minimum absolute atomic E-state index is 0.169. The Morgan fingerprint density at radius 2 is 1.82 bits per heavy atom. The highest BCUT2D eigenvalue weighted by molar-refractivity contribution is 6.32. The third-order valence-corrected chi connectivity index (χ3v) is 5.81. The molecule has 6 nitrogen and oxygen atoms in total. The number of nitrogens with zero attached hydrogens (tertiary/aromatic N) is 3. The summed E-state index contributed by atoms with van der Waals surface area (Å²) in [6.07, 6.45) is -3.44. The summed E-state index contributed by atoms with van der Waals surface area (Å²) in [6, 6.07) is 12.9. The van der Waals surface area contributed by atoms with E-state index in [-0.39, 0.29) is 16.6 Å². The summed E-state index contributed by atoms with van der Waals surface area (Å²) in [5.74, 6) is -0.814. The summed E-state index contributed by atoms with van der Waals surface area (Å²) < 4.78 is 46.1. The number of esters is 1. The Kier molecular flexibility index (Phi) is 6.16. The van der Waals surface area contributed by atoms with Crippen molar-refractivity contribution < 1.29 is 27.5 Å². The lowest BCUT2D eigenvalue weighted by Gasteiger charge is -2.22. The number of hydrogen-bond donors (Lipinski definition) is 0. The predicted molar refractivity (Wildman–Crippen MR) is 115 cm³/mol. The van der Waals surface area contributed by atoms with E-state index in [1.165, 1.54) is 24.1 Å². The highest BCUT2D eigenvalue weighted by Crippen LogP contribution is 2.34. The molecule has 0 N–H and O–H groups in total. The number of amides is 1. The number of halogens is 4. The molecule has 2 aromatic carbocycles. The molecule has 1 atom stereocenters. The summed E-state index contributed by atoms with van der Waals surface area (Å²) in [4.78, 5) is 26.3. The van der Waals surface area contributed by atoms with Gasteiger partial charge >= 0.3 is 12.1 Å². The second-order valence-electron chi connectivity index (χ2n) is 7.53. The fourth-order valence-electron chi connectivity index (χ4n) is 3.87. The molecule has 1 amide bonds. The quantitative estimate of drug-likeness (QED) is 0.497. The van der Waals surface area contributed by atoms with Crippen molar-refractivity contribution >= 4 is 23.5 Å². The Balaban J connectivity index is 1.69. The highest BCUT2D eigenvalue weighted by Gasteiger charge is 2.36. The Morgan fingerprint density at radius 3 is 2.45 bits per heavy atom. The number of carbonyl (C=O) groups excluding carboxylic acids is 2. The van der Waals surface area contributed by atoms with Crippen LogP contribution in [0.3, 0.4) is 0 Å². The molecule has 10 heteroatoms. The van der Waals surface area contributed by atoms with E-state index in [9.17, 15) is 22.8 Å². The number of benzene rings is 2. The van der Waals surface area contributed by atoms with Gasteiger partial charge in [-0.25, -0.2) is 9.48 Å². The van der Waals surface area contributed by atoms with Crippen molar-refractivity contribution in [3.8, 4) is 16.9 Å². The molecule has 0 radical (unpaired) electrons. The number of rotatable bonds is 4. The second kappa shape index (κ2) is 8.90. The van der Waals surface area contributed by atoms with Crippen molar-refractivity contribution in [1.82, 2.24) is 14.7 Å². The van der Waals surface area contributed by atoms with Gasteiger partial charge in [-0.2, -0.15) is 18.3 Å². The molecule has 33 heavy (non-hydrogen) atoms. The molecule has 0 aliphatic carbocycles. The summed E-state index contributed by atoms with van der Waals surface area (Å²) in [6.45, 7) is 0.425. The largest absolute Gasteiger partial charge is 0.467 e. The SMILES string of the molecule is COC(=O)C1CCCN1C(=O)c1ccc(-c2cc(C(F)(F)F)nn2-c2ccccc2Cl)cc1. The number of carbonyl (C=O) groups is 2. The predicted octanol–water partition coefficient (Wildman–Crippen LogP) is 4.99. The van der Waals surface area contributed by atoms with Gasteiger partial charge in [0.15, 0.2) is 5.69 Å². The average Bonchev–Trinajstić information content (AvgIpc) is 3.46. The summed E-state index contributed by atoms with van der Waals surface area (Å²) in [5.41, 5.74) is 0.135. The highest BCUT2D eigenvalue weighted by atomic mass is 35.5. The van der Waals surface area contributed by atoms with Crippen molar-refractivity contribution in [3.63, 3.8) is 0 Å². The first-order chi connectivity index (χ1) is 15.7. The van der Waals surface area contributed by atoms with E-state index in [4.69, 9.17) is 16.3 Å². The van der Waals surface area contributed by atoms with Crippen LogP contribution >= 0.6 is 11.6 Å². The van der Waals surface area contributed by atoms with Gasteiger partial charge in [0.2, 0.25) is 0 Å². The Labute approximate surface area is 192 Å². The van der Waals surface area contributed by atoms with Crippen LogP contribution in [0.1, 0.15) is 28.9 Å². The maximum Gasteiger partial charge on any atom is 0.435 e. The molecule has 0 saturated carbocycles. The number of alkyl halides is 3. The van der Waals surface area contributed by atoms with Gasteiger partial charge in [-0.15, -0.1) is 0 Å². The van der Waals surface area contributed by atoms with E-state index in [1.54, 1.807) is 36.4 Å². The monoisotopic (exact) mass is 477 g/mol. The van der Waals surface area contributed by atoms with Crippen molar-refractivity contribution in [3.05, 3.63) is 70.9 Å². The van der Waals surface area contributed by atoms with Crippen LogP contribution in [0, 0.1) is 0 Å². The van der Waals surface area contributed by atoms with Crippen LogP contribution in [0.5, 0.6) is 0 Å². The molecule has 3 aromatic rings. The lowest BCUT2D eigenvalue weighted by Crippen LogP contribution is -2.41. The van der Waals surface area contributed by atoms with Crippen molar-refractivity contribution in [2.75, 3.05) is 13.7 Å². The lowest BCUT2D eigenvalue weighted by atomic mass is 10.1. The van der Waals surface area contributed by atoms with Crippen molar-refractivity contribution in [2.45, 2.75) is 25.1 Å². The van der Waals surface area contributed by atoms with Gasteiger partial charge in [-0.3, -0.25) is 4.79 Å². The maximum absolute atomic E-state index is 13.4. The Bertz CT molecular complexity index is 1190. The smallest absolute Gasteiger partial charge is 0.435 e. The zero-order chi connectivity index (χ0) is 23.8. The number of likely N-dealkylation sites (tertiary alicyclic amines) is 1. The van der Waals surface area contributed by atoms with Crippen LogP contribution in [-0.4, -0.2) is 46.3 Å². The Morgan fingerprint density at radius 1 is 1.12 bits per heavy atom. The minimum Gasteiger partial charge on any atom is -0.467 e. The van der Waals surface area contributed by atoms with Crippen molar-refractivity contribution in [2.24, 2.45) is 0 Å². The van der Waals surface area contributed by atoms with Crippen molar-refractivity contribution in [1.29, 1.82) is 0 Å². The summed E-state index contributed by atoms with van der Waals surface area (Å²) in [5, 5.41) is 3.97. The van der Waals surface area contributed by atoms with Crippen LogP contribution in [0.4, 0.5) is 13.2 Å². The van der Waals surface area contributed by atoms with E-state index in [0.717, 1.165) is 10.7 Å². The van der Waals surface area contributed by atoms with Crippen LogP contribution in [0.2, 0.25) is 5.02 Å². The van der Waals surface area contributed by atoms with Gasteiger partial charge in [-0.1, -0.05) is 35.9 Å². The maximum atomic E-state index is 13.4. The van der Waals surface area contributed by atoms with Gasteiger partial charge in [0.1, 0.15) is 6.04 Å². The molecule has 1 aliphatic rings. The van der Waals surface area contributed by atoms with Gasteiger partial charge in [0, 0.05) is 17.7 Å². The molecule has 0 bridgehead atoms. The van der Waals surface area contributed by atoms with Crippen LogP contribution in [0.25, 0.3) is 16.9 Å². The summed E-state index contributed by atoms with van der Waals surface area (Å²) >= 11 is 6.20. The molecule has 4 rings (SSSR count). The molecule has 0 spiro atoms. The molecule has 1 aliphatic heterocycles. The molecule has 1 aromatic heterocycles. The van der Waals surface area contributed by atoms with E-state index in [0.29, 0.717) is 36.2 Å². The Hall–Kier alpha value is -3.33. The zero-order valence-corrected chi connectivity index (χ0v) is 18.2. The number of aromatic nitrogens is 2. The minimum atomic E-state index is -4.64. The number of methoxy groups -OCH3 is 1. The lowest BCUT2D eigenvalue weighted by molar-refractivity contribution is -0.145. The third kappa shape index (κ3) is 4.45. The van der Waals surface area contributed by atoms with Gasteiger partial charge in [0.25, 0.3) is 5.91 Å². The van der Waals surface area contributed by atoms with Crippen LogP contribution in [-0.2, 0) is 15.7 Å². The number of ether oxygens (including phenoxy) is 1. The second-order valence-corrected chi connectivity index (χ2v) is 7.94. The molecule has 172 valence electrons. The standard InChI is InChI=1S/C23H19ClF3N3O3/c1-33-22(32)18-7-4-12-29(18)21(31)15-10-8-14(9-11-15)19-13-20(23(25,26)27)28-30(19)17-6-3-2-5-16(17)24/h2-3,5-6,8-11,13,18H,4,7,12H2,1H3. The first-order valence-electron chi connectivity index (χ1n) is 10.1. The average molecular weight is 478 g/mol. The normalized spacial score (nSPS) is 16.2. The van der Waals surface area contributed by atoms with E-state index >= 15 is 0 Å². The molecular weight excluding hydrogens is 459 g/mol. The van der Waals surface area contributed by atoms with E-state index < -0.39 is 23.9 Å². The van der Waals surface area contributed by atoms with Crippen LogP contribution in [0.15, 0.2) is 54.6 Å². The zero-order valence-electron chi connectivity index (χ0n) is 17.5. The van der Waals surface area contributed by atoms with E-state index in [1.807, 2.05) is 0 Å². The fourth-order valence-corrected chi connectivity index (χ4v) is 4.09. The van der Waals surface area contributed by atoms with Crippen LogP contribution < -0.4 is 0 Å². The number of hydrogen-bond acceptors (Lipinski definition) is 4. The summed E-state index contributed by atoms with van der Waals surface area (Å²) in [7, 11) is 1.27. The molecule has 1 saturated heterocycles. The van der Waals surface area contributed by atoms with Gasteiger partial charge in [0.05, 0.1) is 23.5 Å². The van der Waals surface area contributed by atoms with Gasteiger partial charge < -0.3 is 9.64 Å². The molecule has 1 fully saturated rings. The fraction of sp³-hybridized carbons (Fsp3) is 0.261. The van der Waals surface area contributed by atoms with E-state index in [2.05, 4.69) is 5.10 Å². The van der Waals surface area contributed by atoms with Gasteiger partial charge in [-0.05, 0) is 43.2 Å². The molecular formula is C23H19ClF3N3O3. The number of para-hydroxylation sites is 1. The first-order valence-corrected chi connectivity index (χ1v) is 10.5. The third-order valence-electron chi connectivity index (χ3n) is 5.49. The first kappa shape index (κ1) is 22.8. The topological polar surface area (TPSA) is 64.4 Å².